The van der Waals surface area contributed by atoms with E-state index in [0.29, 0.717) is 13.1 Å². The van der Waals surface area contributed by atoms with Crippen LogP contribution in [0.3, 0.4) is 0 Å². The van der Waals surface area contributed by atoms with E-state index in [-0.39, 0.29) is 39.8 Å². The van der Waals surface area contributed by atoms with Gasteiger partial charge in [-0.3, -0.25) is 14.5 Å². The molecular formula is C24H22F5N5O3S. The number of nitrogens with zero attached hydrogens (tertiary/aromatic N) is 4. The second-order valence-corrected chi connectivity index (χ2v) is 9.65. The van der Waals surface area contributed by atoms with Crippen LogP contribution < -0.4 is 10.1 Å². The number of carbonyl (C=O) groups is 2. The Hall–Kier alpha value is -3.49. The maximum atomic E-state index is 14.0. The second-order valence-electron chi connectivity index (χ2n) is 8.58. The van der Waals surface area contributed by atoms with Gasteiger partial charge >= 0.3 is 6.36 Å². The molecule has 4 rings (SSSR count). The lowest BCUT2D eigenvalue weighted by Crippen LogP contribution is -2.47. The van der Waals surface area contributed by atoms with Crippen LogP contribution in [0.2, 0.25) is 0 Å². The normalized spacial score (nSPS) is 14.9. The molecule has 202 valence electrons. The number of hydrogen-bond donors (Lipinski definition) is 1. The number of halogens is 5. The van der Waals surface area contributed by atoms with E-state index in [2.05, 4.69) is 25.2 Å². The van der Waals surface area contributed by atoms with Crippen molar-refractivity contribution in [3.05, 3.63) is 58.6 Å². The van der Waals surface area contributed by atoms with E-state index in [0.717, 1.165) is 54.8 Å². The summed E-state index contributed by atoms with van der Waals surface area (Å²) in [7, 11) is 1.95. The maximum absolute atomic E-state index is 14.0. The zero-order valence-corrected chi connectivity index (χ0v) is 20.8. The van der Waals surface area contributed by atoms with Crippen molar-refractivity contribution in [1.29, 1.82) is 0 Å². The van der Waals surface area contributed by atoms with E-state index >= 15 is 0 Å². The zero-order chi connectivity index (χ0) is 27.4. The van der Waals surface area contributed by atoms with Crippen LogP contribution in [-0.4, -0.2) is 77.8 Å². The molecule has 2 heterocycles. The van der Waals surface area contributed by atoms with Gasteiger partial charge in [0.1, 0.15) is 16.6 Å². The number of likely N-dealkylation sites (N-methyl/N-ethyl adjacent to an activating group) is 1. The van der Waals surface area contributed by atoms with Crippen molar-refractivity contribution in [2.45, 2.75) is 12.8 Å². The van der Waals surface area contributed by atoms with E-state index in [1.165, 1.54) is 6.07 Å². The van der Waals surface area contributed by atoms with Crippen molar-refractivity contribution in [1.82, 2.24) is 20.0 Å². The summed E-state index contributed by atoms with van der Waals surface area (Å²) in [5, 5.41) is 10.1. The van der Waals surface area contributed by atoms with E-state index < -0.39 is 35.4 Å². The van der Waals surface area contributed by atoms with Crippen LogP contribution in [0.1, 0.15) is 15.4 Å². The standard InChI is InChI=1S/C24H22F5N5O3S/c1-33-7-9-34(10-8-33)13-20(36)30-17-11-14(5-6-19(17)37-24(27,28)29)18(35)12-21-31-32-23(38-21)22-15(25)3-2-4-16(22)26/h2-6,11H,7-10,12-13H2,1H3,(H,30,36). The van der Waals surface area contributed by atoms with Gasteiger partial charge in [0.25, 0.3) is 0 Å². The highest BCUT2D eigenvalue weighted by molar-refractivity contribution is 7.14. The maximum Gasteiger partial charge on any atom is 0.573 e. The highest BCUT2D eigenvalue weighted by Gasteiger charge is 2.33. The zero-order valence-electron chi connectivity index (χ0n) is 20.0. The Kier molecular flexibility index (Phi) is 8.33. The molecule has 1 aromatic heterocycles. The minimum atomic E-state index is -5.02. The van der Waals surface area contributed by atoms with E-state index in [9.17, 15) is 31.5 Å². The number of aromatic nitrogens is 2. The first-order chi connectivity index (χ1) is 18.0. The summed E-state index contributed by atoms with van der Waals surface area (Å²) >= 11 is 0.808. The summed E-state index contributed by atoms with van der Waals surface area (Å²) in [5.41, 5.74) is -0.718. The molecule has 1 N–H and O–H groups in total. The molecule has 1 fully saturated rings. The summed E-state index contributed by atoms with van der Waals surface area (Å²) in [6.07, 6.45) is -5.35. The van der Waals surface area contributed by atoms with Crippen LogP contribution >= 0.6 is 11.3 Å². The highest BCUT2D eigenvalue weighted by Crippen LogP contribution is 2.33. The molecule has 0 radical (unpaired) electrons. The molecule has 1 aliphatic heterocycles. The number of piperazine rings is 1. The molecule has 0 aliphatic carbocycles. The van der Waals surface area contributed by atoms with Crippen molar-refractivity contribution in [2.75, 3.05) is 45.1 Å². The van der Waals surface area contributed by atoms with Crippen molar-refractivity contribution in [3.8, 4) is 16.3 Å². The van der Waals surface area contributed by atoms with Crippen molar-refractivity contribution in [2.24, 2.45) is 0 Å². The van der Waals surface area contributed by atoms with Gasteiger partial charge in [-0.05, 0) is 37.4 Å². The van der Waals surface area contributed by atoms with Gasteiger partial charge in [0, 0.05) is 31.7 Å². The fourth-order valence-electron chi connectivity index (χ4n) is 3.78. The number of ether oxygens (including phenoxy) is 1. The molecule has 1 amide bonds. The lowest BCUT2D eigenvalue weighted by atomic mass is 10.1. The van der Waals surface area contributed by atoms with Crippen LogP contribution in [0.25, 0.3) is 10.6 Å². The van der Waals surface area contributed by atoms with Gasteiger partial charge in [-0.2, -0.15) is 0 Å². The van der Waals surface area contributed by atoms with E-state index in [4.69, 9.17) is 0 Å². The van der Waals surface area contributed by atoms with Crippen LogP contribution in [-0.2, 0) is 11.2 Å². The molecule has 0 bridgehead atoms. The molecule has 2 aromatic carbocycles. The molecule has 0 saturated carbocycles. The molecule has 14 heteroatoms. The summed E-state index contributed by atoms with van der Waals surface area (Å²) in [6.45, 7) is 2.69. The smallest absolute Gasteiger partial charge is 0.404 e. The highest BCUT2D eigenvalue weighted by atomic mass is 32.1. The number of anilines is 1. The minimum Gasteiger partial charge on any atom is -0.404 e. The summed E-state index contributed by atoms with van der Waals surface area (Å²) in [6, 6.07) is 6.48. The van der Waals surface area contributed by atoms with Gasteiger partial charge in [-0.1, -0.05) is 17.4 Å². The monoisotopic (exact) mass is 555 g/mol. The summed E-state index contributed by atoms with van der Waals surface area (Å²) < 4.78 is 70.9. The Labute approximate surface area is 218 Å². The van der Waals surface area contributed by atoms with Crippen molar-refractivity contribution in [3.63, 3.8) is 0 Å². The fourth-order valence-corrected chi connectivity index (χ4v) is 4.67. The third-order valence-corrected chi connectivity index (χ3v) is 6.66. The molecule has 1 aliphatic rings. The summed E-state index contributed by atoms with van der Waals surface area (Å²) in [4.78, 5) is 29.4. The third kappa shape index (κ3) is 7.08. The van der Waals surface area contributed by atoms with Crippen molar-refractivity contribution >= 4 is 28.7 Å². The van der Waals surface area contributed by atoms with E-state index in [1.54, 1.807) is 0 Å². The average molecular weight is 556 g/mol. The number of amides is 1. The predicted octanol–water partition coefficient (Wildman–Crippen LogP) is 3.99. The first kappa shape index (κ1) is 27.5. The van der Waals surface area contributed by atoms with Crippen molar-refractivity contribution < 1.29 is 36.3 Å². The molecule has 0 spiro atoms. The lowest BCUT2D eigenvalue weighted by Gasteiger charge is -2.31. The number of benzene rings is 2. The molecule has 1 saturated heterocycles. The second kappa shape index (κ2) is 11.5. The third-order valence-electron chi connectivity index (χ3n) is 5.72. The molecule has 3 aromatic rings. The van der Waals surface area contributed by atoms with Gasteiger partial charge < -0.3 is 15.0 Å². The first-order valence-electron chi connectivity index (χ1n) is 11.4. The van der Waals surface area contributed by atoms with Gasteiger partial charge in [0.15, 0.2) is 16.5 Å². The molecule has 0 atom stereocenters. The number of nitrogens with one attached hydrogen (secondary N) is 1. The number of rotatable bonds is 8. The Bertz CT molecular complexity index is 1300. The number of hydrogen-bond acceptors (Lipinski definition) is 8. The van der Waals surface area contributed by atoms with Crippen LogP contribution in [0, 0.1) is 11.6 Å². The number of alkyl halides is 3. The number of carbonyl (C=O) groups excluding carboxylic acids is 2. The predicted molar refractivity (Wildman–Crippen MR) is 129 cm³/mol. The molecule has 8 nitrogen and oxygen atoms in total. The molecule has 38 heavy (non-hydrogen) atoms. The largest absolute Gasteiger partial charge is 0.573 e. The average Bonchev–Trinajstić information content (AvgIpc) is 3.28. The SMILES string of the molecule is CN1CCN(CC(=O)Nc2cc(C(=O)Cc3nnc(-c4c(F)cccc4F)s3)ccc2OC(F)(F)F)CC1. The minimum absolute atomic E-state index is 0.0248. The van der Waals surface area contributed by atoms with Crippen LogP contribution in [0.15, 0.2) is 36.4 Å². The number of Topliss-reactive ketones (excluding diaryl/α,β-unsaturated/α-hetero) is 1. The Morgan fingerprint density at radius 3 is 2.39 bits per heavy atom. The van der Waals surface area contributed by atoms with Crippen LogP contribution in [0.5, 0.6) is 5.75 Å². The van der Waals surface area contributed by atoms with Gasteiger partial charge in [0.05, 0.1) is 24.2 Å². The fraction of sp³-hybridized carbons (Fsp3) is 0.333. The Morgan fingerprint density at radius 1 is 1.05 bits per heavy atom. The Balaban J connectivity index is 1.50. The lowest BCUT2D eigenvalue weighted by molar-refractivity contribution is -0.274. The quantitative estimate of drug-likeness (QED) is 0.332. The van der Waals surface area contributed by atoms with Gasteiger partial charge in [-0.25, -0.2) is 8.78 Å². The first-order valence-corrected chi connectivity index (χ1v) is 12.2. The van der Waals surface area contributed by atoms with Gasteiger partial charge in [0.2, 0.25) is 5.91 Å². The summed E-state index contributed by atoms with van der Waals surface area (Å²) in [5.74, 6) is -3.47. The molecular weight excluding hydrogens is 533 g/mol. The van der Waals surface area contributed by atoms with Gasteiger partial charge in [-0.15, -0.1) is 23.4 Å². The number of ketones is 1. The Morgan fingerprint density at radius 2 is 1.74 bits per heavy atom. The van der Waals surface area contributed by atoms with E-state index in [1.807, 2.05) is 11.9 Å². The topological polar surface area (TPSA) is 87.7 Å². The molecule has 0 unspecified atom stereocenters. The van der Waals surface area contributed by atoms with Crippen LogP contribution in [0.4, 0.5) is 27.6 Å².